The van der Waals surface area contributed by atoms with E-state index in [2.05, 4.69) is 6.58 Å². The van der Waals surface area contributed by atoms with Gasteiger partial charge in [-0.3, -0.25) is 4.79 Å². The molecule has 1 heterocycles. The molecule has 0 aliphatic carbocycles. The number of hydrogen-bond acceptors (Lipinski definition) is 3. The van der Waals surface area contributed by atoms with Crippen molar-refractivity contribution in [1.82, 2.24) is 4.90 Å². The van der Waals surface area contributed by atoms with Crippen molar-refractivity contribution < 1.29 is 14.3 Å². The van der Waals surface area contributed by atoms with Gasteiger partial charge in [-0.1, -0.05) is 57.7 Å². The first-order valence-corrected chi connectivity index (χ1v) is 7.64. The second-order valence-corrected chi connectivity index (χ2v) is 6.17. The van der Waals surface area contributed by atoms with Crippen LogP contribution in [0.2, 0.25) is 0 Å². The van der Waals surface area contributed by atoms with Crippen LogP contribution < -0.4 is 0 Å². The van der Waals surface area contributed by atoms with Crippen LogP contribution >= 0.6 is 0 Å². The number of nitrogens with zero attached hydrogens (tertiary/aromatic N) is 1. The molecule has 2 rings (SSSR count). The van der Waals surface area contributed by atoms with Crippen molar-refractivity contribution in [1.29, 1.82) is 0 Å². The molecule has 1 aliphatic rings. The quantitative estimate of drug-likeness (QED) is 0.832. The second kappa shape index (κ2) is 6.77. The summed E-state index contributed by atoms with van der Waals surface area (Å²) in [5.74, 6) is -0.308. The number of cyclic esters (lactones) is 1. The molecule has 118 valence electrons. The average molecular weight is 301 g/mol. The van der Waals surface area contributed by atoms with E-state index >= 15 is 0 Å². The molecule has 2 atom stereocenters. The Hall–Kier alpha value is -2.10. The zero-order chi connectivity index (χ0) is 16.3. The number of hydrogen-bond donors (Lipinski definition) is 0. The molecule has 1 aromatic rings. The van der Waals surface area contributed by atoms with E-state index in [0.717, 1.165) is 11.1 Å². The lowest BCUT2D eigenvalue weighted by Crippen LogP contribution is -2.44. The van der Waals surface area contributed by atoms with E-state index in [-0.39, 0.29) is 30.4 Å². The molecule has 0 N–H and O–H groups in total. The monoisotopic (exact) mass is 301 g/mol. The number of rotatable bonds is 5. The summed E-state index contributed by atoms with van der Waals surface area (Å²) in [6, 6.07) is 9.60. The van der Waals surface area contributed by atoms with Crippen molar-refractivity contribution in [2.75, 3.05) is 6.61 Å². The Morgan fingerprint density at radius 2 is 1.95 bits per heavy atom. The zero-order valence-electron chi connectivity index (χ0n) is 13.4. The van der Waals surface area contributed by atoms with Gasteiger partial charge in [0, 0.05) is 5.92 Å². The van der Waals surface area contributed by atoms with E-state index in [1.165, 1.54) is 4.90 Å². The Bertz CT molecular complexity index is 565. The maximum Gasteiger partial charge on any atom is 0.416 e. The first-order valence-electron chi connectivity index (χ1n) is 7.64. The predicted octanol–water partition coefficient (Wildman–Crippen LogP) is 3.73. The van der Waals surface area contributed by atoms with E-state index in [1.54, 1.807) is 0 Å². The van der Waals surface area contributed by atoms with Gasteiger partial charge in [0.2, 0.25) is 5.91 Å². The Morgan fingerprint density at radius 1 is 1.32 bits per heavy atom. The van der Waals surface area contributed by atoms with Gasteiger partial charge in [0.15, 0.2) is 0 Å². The van der Waals surface area contributed by atoms with Crippen molar-refractivity contribution in [2.45, 2.75) is 33.2 Å². The van der Waals surface area contributed by atoms with Crippen molar-refractivity contribution >= 4 is 17.6 Å². The molecule has 0 saturated carbocycles. The first kappa shape index (κ1) is 16.3. The summed E-state index contributed by atoms with van der Waals surface area (Å²) in [5.41, 5.74) is 1.92. The number of amides is 2. The number of ether oxygens (including phenoxy) is 1. The lowest BCUT2D eigenvalue weighted by atomic mass is 9.94. The highest BCUT2D eigenvalue weighted by molar-refractivity contribution is 5.95. The van der Waals surface area contributed by atoms with Crippen LogP contribution in [0.5, 0.6) is 0 Å². The van der Waals surface area contributed by atoms with Crippen LogP contribution in [0, 0.1) is 11.8 Å². The van der Waals surface area contributed by atoms with Crippen LogP contribution in [-0.2, 0) is 9.53 Å². The molecule has 1 fully saturated rings. The van der Waals surface area contributed by atoms with Gasteiger partial charge in [-0.15, -0.1) is 0 Å². The molecule has 0 unspecified atom stereocenters. The van der Waals surface area contributed by atoms with Gasteiger partial charge in [-0.05, 0) is 23.5 Å². The summed E-state index contributed by atoms with van der Waals surface area (Å²) in [5, 5.41) is 0. The molecule has 1 saturated heterocycles. The third-order valence-corrected chi connectivity index (χ3v) is 4.07. The molecule has 1 aromatic carbocycles. The summed E-state index contributed by atoms with van der Waals surface area (Å²) < 4.78 is 5.04. The minimum Gasteiger partial charge on any atom is -0.447 e. The standard InChI is InChI=1S/C18H23NO3/c1-12(2)16-11-22-18(21)19(16)17(20)14(4)10-13(3)15-8-6-5-7-9-15/h5-9,12,14,16H,3,10-11H2,1-2,4H3/t14-,16-/m1/s1. The topological polar surface area (TPSA) is 46.6 Å². The Morgan fingerprint density at radius 3 is 2.55 bits per heavy atom. The highest BCUT2D eigenvalue weighted by atomic mass is 16.6. The van der Waals surface area contributed by atoms with Crippen LogP contribution in [0.4, 0.5) is 4.79 Å². The lowest BCUT2D eigenvalue weighted by molar-refractivity contribution is -0.133. The Labute approximate surface area is 131 Å². The number of carbonyl (C=O) groups excluding carboxylic acids is 2. The van der Waals surface area contributed by atoms with E-state index in [4.69, 9.17) is 4.74 Å². The maximum atomic E-state index is 12.6. The van der Waals surface area contributed by atoms with Gasteiger partial charge in [0.05, 0.1) is 6.04 Å². The van der Waals surface area contributed by atoms with Gasteiger partial charge in [-0.2, -0.15) is 0 Å². The molecule has 0 spiro atoms. The summed E-state index contributed by atoms with van der Waals surface area (Å²) >= 11 is 0. The second-order valence-electron chi connectivity index (χ2n) is 6.17. The molecule has 2 amide bonds. The van der Waals surface area contributed by atoms with Crippen LogP contribution in [0.25, 0.3) is 5.57 Å². The number of benzene rings is 1. The molecule has 0 bridgehead atoms. The summed E-state index contributed by atoms with van der Waals surface area (Å²) in [6.07, 6.45) is -0.00173. The van der Waals surface area contributed by atoms with Crippen LogP contribution in [0.15, 0.2) is 36.9 Å². The largest absolute Gasteiger partial charge is 0.447 e. The summed E-state index contributed by atoms with van der Waals surface area (Å²) in [4.78, 5) is 25.8. The number of allylic oxidation sites excluding steroid dienone is 1. The lowest BCUT2D eigenvalue weighted by Gasteiger charge is -2.25. The summed E-state index contributed by atoms with van der Waals surface area (Å²) in [6.45, 7) is 10.2. The van der Waals surface area contributed by atoms with E-state index in [1.807, 2.05) is 51.1 Å². The van der Waals surface area contributed by atoms with Crippen molar-refractivity contribution in [3.63, 3.8) is 0 Å². The highest BCUT2D eigenvalue weighted by Crippen LogP contribution is 2.26. The molecule has 0 radical (unpaired) electrons. The van der Waals surface area contributed by atoms with Gasteiger partial charge < -0.3 is 4.74 Å². The molecule has 4 heteroatoms. The Balaban J connectivity index is 2.05. The predicted molar refractivity (Wildman–Crippen MR) is 86.1 cm³/mol. The average Bonchev–Trinajstić information content (AvgIpc) is 2.89. The number of imide groups is 1. The molecule has 1 aliphatic heterocycles. The van der Waals surface area contributed by atoms with Gasteiger partial charge in [0.1, 0.15) is 6.61 Å². The van der Waals surface area contributed by atoms with E-state index in [0.29, 0.717) is 6.42 Å². The van der Waals surface area contributed by atoms with Crippen LogP contribution in [0.3, 0.4) is 0 Å². The van der Waals surface area contributed by atoms with Crippen molar-refractivity contribution in [2.24, 2.45) is 11.8 Å². The summed E-state index contributed by atoms with van der Waals surface area (Å²) in [7, 11) is 0. The fraction of sp³-hybridized carbons (Fsp3) is 0.444. The Kier molecular flexibility index (Phi) is 5.01. The third-order valence-electron chi connectivity index (χ3n) is 4.07. The van der Waals surface area contributed by atoms with Gasteiger partial charge >= 0.3 is 6.09 Å². The zero-order valence-corrected chi connectivity index (χ0v) is 13.4. The fourth-order valence-electron chi connectivity index (χ4n) is 2.67. The maximum absolute atomic E-state index is 12.6. The normalized spacial score (nSPS) is 19.2. The first-order chi connectivity index (χ1) is 10.4. The SMILES string of the molecule is C=C(C[C@@H](C)C(=O)N1C(=O)OC[C@@H]1C(C)C)c1ccccc1. The van der Waals surface area contributed by atoms with E-state index < -0.39 is 6.09 Å². The molecule has 22 heavy (non-hydrogen) atoms. The minimum atomic E-state index is -0.527. The van der Waals surface area contributed by atoms with Crippen molar-refractivity contribution in [3.05, 3.63) is 42.5 Å². The number of carbonyl (C=O) groups is 2. The van der Waals surface area contributed by atoms with Crippen molar-refractivity contribution in [3.8, 4) is 0 Å². The molecular weight excluding hydrogens is 278 g/mol. The highest BCUT2D eigenvalue weighted by Gasteiger charge is 2.41. The fourth-order valence-corrected chi connectivity index (χ4v) is 2.67. The smallest absolute Gasteiger partial charge is 0.416 e. The minimum absolute atomic E-state index is 0.174. The third kappa shape index (κ3) is 3.38. The molecular formula is C18H23NO3. The molecule has 0 aromatic heterocycles. The van der Waals surface area contributed by atoms with E-state index in [9.17, 15) is 9.59 Å². The van der Waals surface area contributed by atoms with Crippen LogP contribution in [0.1, 0.15) is 32.8 Å². The van der Waals surface area contributed by atoms with Gasteiger partial charge in [0.25, 0.3) is 0 Å². The molecule has 4 nitrogen and oxygen atoms in total. The van der Waals surface area contributed by atoms with Gasteiger partial charge in [-0.25, -0.2) is 9.69 Å². The van der Waals surface area contributed by atoms with Crippen LogP contribution in [-0.4, -0.2) is 29.5 Å².